The zero-order chi connectivity index (χ0) is 20.9. The highest BCUT2D eigenvalue weighted by molar-refractivity contribution is 7.92. The van der Waals surface area contributed by atoms with Crippen LogP contribution >= 0.6 is 0 Å². The molecule has 1 amide bonds. The first-order valence-electron chi connectivity index (χ1n) is 9.08. The number of carbonyl (C=O) groups is 1. The molecule has 1 N–H and O–H groups in total. The predicted molar refractivity (Wildman–Crippen MR) is 111 cm³/mol. The van der Waals surface area contributed by atoms with E-state index in [-0.39, 0.29) is 17.4 Å². The molecule has 0 fully saturated rings. The molecule has 2 aromatic rings. The first-order chi connectivity index (χ1) is 12.9. The number of rotatable bonds is 3. The third-order valence-electron chi connectivity index (χ3n) is 4.92. The molecule has 7 heteroatoms. The number of ether oxygens (including phenoxy) is 1. The van der Waals surface area contributed by atoms with Crippen molar-refractivity contribution in [2.24, 2.45) is 5.41 Å². The Balaban J connectivity index is 2.00. The normalized spacial score (nSPS) is 16.2. The molecule has 0 bridgehead atoms. The minimum Gasteiger partial charge on any atom is -0.490 e. The Morgan fingerprint density at radius 2 is 1.68 bits per heavy atom. The van der Waals surface area contributed by atoms with Gasteiger partial charge in [-0.05, 0) is 63.9 Å². The fourth-order valence-electron chi connectivity index (χ4n) is 3.65. The van der Waals surface area contributed by atoms with E-state index in [9.17, 15) is 13.2 Å². The van der Waals surface area contributed by atoms with Crippen LogP contribution in [0.3, 0.4) is 0 Å². The monoisotopic (exact) mass is 402 g/mol. The van der Waals surface area contributed by atoms with E-state index >= 15 is 0 Å². The van der Waals surface area contributed by atoms with Gasteiger partial charge in [-0.1, -0.05) is 17.7 Å². The summed E-state index contributed by atoms with van der Waals surface area (Å²) in [4.78, 5) is 14.5. The molecule has 0 saturated carbocycles. The Bertz CT molecular complexity index is 1040. The van der Waals surface area contributed by atoms with Gasteiger partial charge in [0, 0.05) is 7.05 Å². The summed E-state index contributed by atoms with van der Waals surface area (Å²) in [5, 5.41) is 0. The highest BCUT2D eigenvalue weighted by Gasteiger charge is 2.36. The molecule has 6 nitrogen and oxygen atoms in total. The van der Waals surface area contributed by atoms with Crippen LogP contribution in [-0.4, -0.2) is 28.0 Å². The molecule has 0 unspecified atom stereocenters. The van der Waals surface area contributed by atoms with Crippen molar-refractivity contribution in [3.8, 4) is 5.75 Å². The number of sulfonamides is 1. The second-order valence-corrected chi connectivity index (χ2v) is 9.67. The molecule has 0 atom stereocenters. The molecule has 1 heterocycles. The van der Waals surface area contributed by atoms with Crippen molar-refractivity contribution in [1.82, 2.24) is 0 Å². The number of carbonyl (C=O) groups excluding carboxylic acids is 1. The van der Waals surface area contributed by atoms with Gasteiger partial charge in [0.2, 0.25) is 5.91 Å². The zero-order valence-corrected chi connectivity index (χ0v) is 17.9. The molecule has 0 aromatic heterocycles. The van der Waals surface area contributed by atoms with Gasteiger partial charge in [0.05, 0.1) is 21.7 Å². The summed E-state index contributed by atoms with van der Waals surface area (Å²) in [5.74, 6) is 0.462. The average molecular weight is 403 g/mol. The second kappa shape index (κ2) is 6.81. The summed E-state index contributed by atoms with van der Waals surface area (Å²) >= 11 is 0. The Hall–Kier alpha value is -2.54. The first kappa shape index (κ1) is 20.2. The van der Waals surface area contributed by atoms with Gasteiger partial charge in [-0.2, -0.15) is 0 Å². The number of nitrogens with zero attached hydrogens (tertiary/aromatic N) is 1. The lowest BCUT2D eigenvalue weighted by Gasteiger charge is -2.24. The van der Waals surface area contributed by atoms with E-state index in [0.29, 0.717) is 28.3 Å². The molecule has 2 aromatic carbocycles. The number of hydrogen-bond acceptors (Lipinski definition) is 4. The third-order valence-corrected chi connectivity index (χ3v) is 6.60. The van der Waals surface area contributed by atoms with E-state index in [0.717, 1.165) is 5.56 Å². The van der Waals surface area contributed by atoms with Gasteiger partial charge in [0.15, 0.2) is 0 Å². The summed E-state index contributed by atoms with van der Waals surface area (Å²) in [6.45, 7) is 9.41. The van der Waals surface area contributed by atoms with Gasteiger partial charge >= 0.3 is 0 Å². The van der Waals surface area contributed by atoms with Crippen molar-refractivity contribution in [3.05, 3.63) is 47.0 Å². The number of nitrogens with one attached hydrogen (secondary N) is 1. The molecule has 0 aliphatic carbocycles. The van der Waals surface area contributed by atoms with Crippen LogP contribution in [-0.2, 0) is 14.8 Å². The fraction of sp³-hybridized carbons (Fsp3) is 0.381. The molecular formula is C21H26N2O4S. The standard InChI is InChI=1S/C21H26N2O4S/c1-13-9-14(2)19(15(3)10-13)28(25,26)22-16-7-8-18-17(11-16)23(6)20(24)21(4,5)12-27-18/h7-11,22H,12H2,1-6H3. The van der Waals surface area contributed by atoms with Crippen LogP contribution in [0.15, 0.2) is 35.2 Å². The first-order valence-corrected chi connectivity index (χ1v) is 10.6. The molecular weight excluding hydrogens is 376 g/mol. The van der Waals surface area contributed by atoms with Gasteiger partial charge < -0.3 is 9.64 Å². The quantitative estimate of drug-likeness (QED) is 0.847. The molecule has 1 aliphatic heterocycles. The van der Waals surface area contributed by atoms with Crippen LogP contribution in [0.1, 0.15) is 30.5 Å². The van der Waals surface area contributed by atoms with Gasteiger partial charge in [-0.25, -0.2) is 8.42 Å². The third kappa shape index (κ3) is 3.58. The summed E-state index contributed by atoms with van der Waals surface area (Å²) < 4.78 is 34.5. The summed E-state index contributed by atoms with van der Waals surface area (Å²) in [5.41, 5.74) is 2.64. The number of fused-ring (bicyclic) bond motifs is 1. The predicted octanol–water partition coefficient (Wildman–Crippen LogP) is 3.79. The van der Waals surface area contributed by atoms with E-state index in [1.54, 1.807) is 39.1 Å². The van der Waals surface area contributed by atoms with E-state index in [1.807, 2.05) is 32.9 Å². The lowest BCUT2D eigenvalue weighted by atomic mass is 9.93. The van der Waals surface area contributed by atoms with E-state index in [2.05, 4.69) is 4.72 Å². The van der Waals surface area contributed by atoms with Crippen molar-refractivity contribution in [2.45, 2.75) is 39.5 Å². The largest absolute Gasteiger partial charge is 0.490 e. The SMILES string of the molecule is Cc1cc(C)c(S(=O)(=O)Nc2ccc3c(c2)N(C)C(=O)C(C)(C)CO3)c(C)c1. The number of amides is 1. The van der Waals surface area contributed by atoms with Crippen LogP contribution in [0.2, 0.25) is 0 Å². The van der Waals surface area contributed by atoms with E-state index in [4.69, 9.17) is 4.74 Å². The molecule has 28 heavy (non-hydrogen) atoms. The number of benzene rings is 2. The molecule has 0 radical (unpaired) electrons. The minimum absolute atomic E-state index is 0.0866. The topological polar surface area (TPSA) is 75.7 Å². The summed E-state index contributed by atoms with van der Waals surface area (Å²) in [7, 11) is -2.10. The molecule has 150 valence electrons. The minimum atomic E-state index is -3.78. The second-order valence-electron chi connectivity index (χ2n) is 8.05. The molecule has 0 spiro atoms. The number of hydrogen-bond donors (Lipinski definition) is 1. The Labute approximate surface area is 166 Å². The highest BCUT2D eigenvalue weighted by atomic mass is 32.2. The van der Waals surface area contributed by atoms with Crippen molar-refractivity contribution in [1.29, 1.82) is 0 Å². The van der Waals surface area contributed by atoms with Gasteiger partial charge in [0.1, 0.15) is 12.4 Å². The van der Waals surface area contributed by atoms with Crippen molar-refractivity contribution >= 4 is 27.3 Å². The van der Waals surface area contributed by atoms with Crippen LogP contribution in [0.25, 0.3) is 0 Å². The summed E-state index contributed by atoms with van der Waals surface area (Å²) in [6, 6.07) is 8.66. The number of aryl methyl sites for hydroxylation is 3. The fourth-order valence-corrected chi connectivity index (χ4v) is 5.15. The van der Waals surface area contributed by atoms with Crippen LogP contribution < -0.4 is 14.4 Å². The van der Waals surface area contributed by atoms with Crippen molar-refractivity contribution in [3.63, 3.8) is 0 Å². The highest BCUT2D eigenvalue weighted by Crippen LogP contribution is 2.38. The lowest BCUT2D eigenvalue weighted by Crippen LogP contribution is -2.39. The van der Waals surface area contributed by atoms with Crippen molar-refractivity contribution in [2.75, 3.05) is 23.3 Å². The van der Waals surface area contributed by atoms with Gasteiger partial charge in [-0.15, -0.1) is 0 Å². The van der Waals surface area contributed by atoms with Gasteiger partial charge in [-0.3, -0.25) is 9.52 Å². The Kier molecular flexibility index (Phi) is 4.91. The molecule has 1 aliphatic rings. The molecule has 0 saturated heterocycles. The Morgan fingerprint density at radius 3 is 2.29 bits per heavy atom. The van der Waals surface area contributed by atoms with Gasteiger partial charge in [0.25, 0.3) is 10.0 Å². The summed E-state index contributed by atoms with van der Waals surface area (Å²) in [6.07, 6.45) is 0. The lowest BCUT2D eigenvalue weighted by molar-refractivity contribution is -0.127. The smallest absolute Gasteiger partial charge is 0.262 e. The maximum Gasteiger partial charge on any atom is 0.262 e. The van der Waals surface area contributed by atoms with E-state index < -0.39 is 15.4 Å². The molecule has 3 rings (SSSR count). The maximum atomic E-state index is 13.0. The van der Waals surface area contributed by atoms with Crippen LogP contribution in [0.5, 0.6) is 5.75 Å². The number of anilines is 2. The average Bonchev–Trinajstić information content (AvgIpc) is 2.64. The van der Waals surface area contributed by atoms with Crippen molar-refractivity contribution < 1.29 is 17.9 Å². The zero-order valence-electron chi connectivity index (χ0n) is 17.1. The maximum absolute atomic E-state index is 13.0. The Morgan fingerprint density at radius 1 is 1.07 bits per heavy atom. The van der Waals surface area contributed by atoms with Crippen LogP contribution in [0, 0.1) is 26.2 Å². The van der Waals surface area contributed by atoms with E-state index in [1.165, 1.54) is 4.90 Å². The van der Waals surface area contributed by atoms with Crippen LogP contribution in [0.4, 0.5) is 11.4 Å².